The Kier molecular flexibility index (Phi) is 6.19. The molecule has 7 heteroatoms. The highest BCUT2D eigenvalue weighted by atomic mass is 35.5. The highest BCUT2D eigenvalue weighted by molar-refractivity contribution is 6.31. The monoisotopic (exact) mass is 387 g/mol. The number of aromatic nitrogens is 3. The number of phenols is 1. The first-order valence-electron chi connectivity index (χ1n) is 9.32. The number of fused-ring (bicyclic) bond motifs is 1. The Balaban J connectivity index is 0.000000221. The summed E-state index contributed by atoms with van der Waals surface area (Å²) in [6.45, 7) is 8.05. The number of hydrogen-bond acceptors (Lipinski definition) is 5. The molecule has 0 radical (unpaired) electrons. The minimum Gasteiger partial charge on any atom is -0.507 e. The molecule has 4 rings (SSSR count). The third kappa shape index (κ3) is 4.70. The molecule has 1 saturated heterocycles. The summed E-state index contributed by atoms with van der Waals surface area (Å²) in [5.41, 5.74) is 8.98. The molecular formula is C20H26ClN5O. The van der Waals surface area contributed by atoms with Gasteiger partial charge in [-0.3, -0.25) is 0 Å². The van der Waals surface area contributed by atoms with Crippen LogP contribution in [-0.2, 0) is 0 Å². The van der Waals surface area contributed by atoms with Crippen molar-refractivity contribution in [2.24, 2.45) is 0 Å². The summed E-state index contributed by atoms with van der Waals surface area (Å²) in [5, 5.41) is 10.5. The molecule has 0 bridgehead atoms. The van der Waals surface area contributed by atoms with Crippen LogP contribution < -0.4 is 5.73 Å². The van der Waals surface area contributed by atoms with Crippen molar-refractivity contribution in [1.29, 1.82) is 0 Å². The smallest absolute Gasteiger partial charge is 0.200 e. The Morgan fingerprint density at radius 1 is 1.19 bits per heavy atom. The average Bonchev–Trinajstić information content (AvgIpc) is 3.01. The fourth-order valence-electron chi connectivity index (χ4n) is 3.38. The zero-order valence-corrected chi connectivity index (χ0v) is 16.6. The number of nitrogens with one attached hydrogen (secondary N) is 1. The summed E-state index contributed by atoms with van der Waals surface area (Å²) < 4.78 is 0. The third-order valence-electron chi connectivity index (χ3n) is 4.80. The van der Waals surface area contributed by atoms with E-state index in [-0.39, 0.29) is 5.75 Å². The van der Waals surface area contributed by atoms with Crippen molar-refractivity contribution in [1.82, 2.24) is 19.9 Å². The molecular weight excluding hydrogens is 362 g/mol. The number of aryl methyl sites for hydroxylation is 1. The Bertz CT molecular complexity index is 895. The molecule has 27 heavy (non-hydrogen) atoms. The summed E-state index contributed by atoms with van der Waals surface area (Å²) >= 11 is 5.89. The van der Waals surface area contributed by atoms with Gasteiger partial charge >= 0.3 is 0 Å². The van der Waals surface area contributed by atoms with Crippen molar-refractivity contribution < 1.29 is 5.11 Å². The second kappa shape index (κ2) is 8.59. The molecule has 0 spiro atoms. The van der Waals surface area contributed by atoms with Gasteiger partial charge < -0.3 is 20.7 Å². The topological polar surface area (TPSA) is 91.1 Å². The number of benzene rings is 1. The fourth-order valence-corrected chi connectivity index (χ4v) is 3.65. The number of H-pyrrole nitrogens is 1. The highest BCUT2D eigenvalue weighted by Gasteiger charge is 2.12. The van der Waals surface area contributed by atoms with E-state index < -0.39 is 0 Å². The number of aromatic amines is 1. The number of nitrogens with zero attached hydrogens (tertiary/aromatic N) is 3. The number of pyridine rings is 1. The van der Waals surface area contributed by atoms with Crippen LogP contribution in [0.2, 0.25) is 5.02 Å². The van der Waals surface area contributed by atoms with Crippen molar-refractivity contribution >= 4 is 28.7 Å². The van der Waals surface area contributed by atoms with E-state index in [2.05, 4.69) is 26.8 Å². The van der Waals surface area contributed by atoms with Crippen molar-refractivity contribution in [3.05, 3.63) is 34.9 Å². The quantitative estimate of drug-likeness (QED) is 0.607. The van der Waals surface area contributed by atoms with Gasteiger partial charge in [0.05, 0.1) is 11.2 Å². The summed E-state index contributed by atoms with van der Waals surface area (Å²) in [7, 11) is 0. The maximum absolute atomic E-state index is 10.0. The molecule has 1 aromatic carbocycles. The van der Waals surface area contributed by atoms with Gasteiger partial charge in [0, 0.05) is 10.6 Å². The molecule has 0 aliphatic carbocycles. The lowest BCUT2D eigenvalue weighted by Gasteiger charge is -2.24. The van der Waals surface area contributed by atoms with Crippen LogP contribution in [0.15, 0.2) is 24.3 Å². The lowest BCUT2D eigenvalue weighted by Crippen LogP contribution is -2.29. The van der Waals surface area contributed by atoms with Crippen LogP contribution in [0.4, 0.5) is 5.95 Å². The zero-order valence-electron chi connectivity index (χ0n) is 15.8. The number of halogens is 1. The second-order valence-electron chi connectivity index (χ2n) is 6.80. The van der Waals surface area contributed by atoms with Crippen molar-refractivity contribution in [2.45, 2.75) is 33.1 Å². The number of rotatable bonds is 2. The van der Waals surface area contributed by atoms with Gasteiger partial charge in [-0.05, 0) is 69.2 Å². The molecule has 0 unspecified atom stereocenters. The molecule has 0 atom stereocenters. The molecule has 6 nitrogen and oxygen atoms in total. The Hall–Kier alpha value is -2.31. The molecule has 3 heterocycles. The number of phenolic OH excluding ortho intramolecular Hbond substituents is 1. The van der Waals surface area contributed by atoms with E-state index in [1.165, 1.54) is 45.0 Å². The highest BCUT2D eigenvalue weighted by Crippen LogP contribution is 2.34. The van der Waals surface area contributed by atoms with Crippen LogP contribution in [0, 0.1) is 6.92 Å². The van der Waals surface area contributed by atoms with Crippen LogP contribution in [0.1, 0.15) is 31.7 Å². The van der Waals surface area contributed by atoms with Crippen LogP contribution in [0.5, 0.6) is 5.75 Å². The molecule has 4 N–H and O–H groups in total. The van der Waals surface area contributed by atoms with Crippen LogP contribution in [0.3, 0.4) is 0 Å². The number of nitrogens with two attached hydrogens (primary N) is 1. The van der Waals surface area contributed by atoms with Gasteiger partial charge in [0.15, 0.2) is 11.6 Å². The molecule has 1 aliphatic heterocycles. The first-order chi connectivity index (χ1) is 13.0. The maximum Gasteiger partial charge on any atom is 0.200 e. The summed E-state index contributed by atoms with van der Waals surface area (Å²) in [6, 6.07) is 6.90. The van der Waals surface area contributed by atoms with Gasteiger partial charge in [-0.25, -0.2) is 4.98 Å². The standard InChI is InChI=1S/C13H11ClN4O.C7H15N/c1-6-4-7(14)5-10(19)11(6)8-2-3-9-12(16-8)18-13(15)17-9;1-2-8-6-4-3-5-7-8/h2-5,19H,1H3,(H3,15,16,17,18);2-7H2,1H3. The molecule has 0 amide bonds. The average molecular weight is 388 g/mol. The normalized spacial score (nSPS) is 14.8. The second-order valence-corrected chi connectivity index (χ2v) is 7.24. The Morgan fingerprint density at radius 3 is 2.56 bits per heavy atom. The lowest BCUT2D eigenvalue weighted by molar-refractivity contribution is 0.240. The predicted octanol–water partition coefficient (Wildman–Crippen LogP) is 4.37. The fraction of sp³-hybridized carbons (Fsp3) is 0.400. The minimum absolute atomic E-state index is 0.0976. The largest absolute Gasteiger partial charge is 0.507 e. The Morgan fingerprint density at radius 2 is 1.93 bits per heavy atom. The Labute approximate surface area is 164 Å². The maximum atomic E-state index is 10.0. The van der Waals surface area contributed by atoms with Gasteiger partial charge in [-0.15, -0.1) is 0 Å². The minimum atomic E-state index is 0.0976. The van der Waals surface area contributed by atoms with Crippen molar-refractivity contribution in [3.63, 3.8) is 0 Å². The predicted molar refractivity (Wildman–Crippen MR) is 111 cm³/mol. The van der Waals surface area contributed by atoms with Crippen molar-refractivity contribution in [2.75, 3.05) is 25.4 Å². The van der Waals surface area contributed by atoms with Gasteiger partial charge in [0.2, 0.25) is 0 Å². The zero-order chi connectivity index (χ0) is 19.4. The number of nitrogen functional groups attached to an aromatic ring is 1. The van der Waals surface area contributed by atoms with Crippen LogP contribution in [-0.4, -0.2) is 44.6 Å². The number of hydrogen-bond donors (Lipinski definition) is 3. The summed E-state index contributed by atoms with van der Waals surface area (Å²) in [5.74, 6) is 0.414. The van der Waals surface area contributed by atoms with E-state index >= 15 is 0 Å². The molecule has 3 aromatic rings. The first-order valence-corrected chi connectivity index (χ1v) is 9.69. The third-order valence-corrected chi connectivity index (χ3v) is 5.01. The van der Waals surface area contributed by atoms with Gasteiger partial charge in [0.25, 0.3) is 0 Å². The van der Waals surface area contributed by atoms with Crippen LogP contribution >= 0.6 is 11.6 Å². The van der Waals surface area contributed by atoms with Gasteiger partial charge in [0.1, 0.15) is 5.75 Å². The summed E-state index contributed by atoms with van der Waals surface area (Å²) in [6.07, 6.45) is 4.30. The van der Waals surface area contributed by atoms with Gasteiger partial charge in [-0.1, -0.05) is 24.9 Å². The first kappa shape index (κ1) is 19.5. The van der Waals surface area contributed by atoms with Gasteiger partial charge in [-0.2, -0.15) is 4.98 Å². The number of likely N-dealkylation sites (tertiary alicyclic amines) is 1. The van der Waals surface area contributed by atoms with Crippen molar-refractivity contribution in [3.8, 4) is 17.0 Å². The van der Waals surface area contributed by atoms with E-state index in [4.69, 9.17) is 17.3 Å². The van der Waals surface area contributed by atoms with E-state index in [1.807, 2.05) is 13.0 Å². The molecule has 1 fully saturated rings. The van der Waals surface area contributed by atoms with Crippen LogP contribution in [0.25, 0.3) is 22.4 Å². The van der Waals surface area contributed by atoms with E-state index in [0.717, 1.165) is 11.1 Å². The number of imidazole rings is 1. The molecule has 0 saturated carbocycles. The van der Waals surface area contributed by atoms with E-state index in [1.54, 1.807) is 12.1 Å². The number of piperidine rings is 1. The molecule has 1 aliphatic rings. The van der Waals surface area contributed by atoms with E-state index in [0.29, 0.717) is 27.9 Å². The molecule has 144 valence electrons. The van der Waals surface area contributed by atoms with E-state index in [9.17, 15) is 5.11 Å². The number of aromatic hydroxyl groups is 1. The SMILES string of the molecule is CCN1CCCCC1.Cc1cc(Cl)cc(O)c1-c1ccc2[nH]c(N)nc2n1. The number of anilines is 1. The molecule has 2 aromatic heterocycles. The lowest BCUT2D eigenvalue weighted by atomic mass is 10.0. The summed E-state index contributed by atoms with van der Waals surface area (Å²) in [4.78, 5) is 13.9.